The van der Waals surface area contributed by atoms with Crippen molar-refractivity contribution in [3.8, 4) is 28.4 Å². The molecule has 3 heterocycles. The molecule has 1 aliphatic rings. The third kappa shape index (κ3) is 6.15. The van der Waals surface area contributed by atoms with Gasteiger partial charge in [-0.3, -0.25) is 0 Å². The van der Waals surface area contributed by atoms with E-state index >= 15 is 4.39 Å². The van der Waals surface area contributed by atoms with Crippen LogP contribution in [0.3, 0.4) is 0 Å². The molecule has 0 bridgehead atoms. The van der Waals surface area contributed by atoms with Crippen LogP contribution in [0, 0.1) is 5.82 Å². The molecule has 0 saturated carbocycles. The molecule has 0 radical (unpaired) electrons. The van der Waals surface area contributed by atoms with Gasteiger partial charge >= 0.3 is 10.2 Å². The highest BCUT2D eigenvalue weighted by Crippen LogP contribution is 2.35. The van der Waals surface area contributed by atoms with Gasteiger partial charge in [0.05, 0.1) is 16.9 Å². The molecule has 2 aromatic heterocycles. The van der Waals surface area contributed by atoms with Crippen molar-refractivity contribution in [3.05, 3.63) is 53.1 Å². The summed E-state index contributed by atoms with van der Waals surface area (Å²) in [6.45, 7) is 10.8. The largest absolute Gasteiger partial charge is 0.464 e. The van der Waals surface area contributed by atoms with Gasteiger partial charge in [-0.15, -0.1) is 4.09 Å². The van der Waals surface area contributed by atoms with Gasteiger partial charge in [0.1, 0.15) is 5.69 Å². The second-order valence-corrected chi connectivity index (χ2v) is 19.5. The molecule has 42 heavy (non-hydrogen) atoms. The van der Waals surface area contributed by atoms with E-state index in [2.05, 4.69) is 35.0 Å². The highest BCUT2D eigenvalue weighted by Gasteiger charge is 2.26. The van der Waals surface area contributed by atoms with Crippen molar-refractivity contribution in [2.75, 3.05) is 34.0 Å². The average Bonchev–Trinajstić information content (AvgIpc) is 3.54. The smallest absolute Gasteiger partial charge is 0.323 e. The lowest BCUT2D eigenvalue weighted by molar-refractivity contribution is 0.0197. The third-order valence-electron chi connectivity index (χ3n) is 7.40. The molecule has 1 aliphatic heterocycles. The molecule has 2 N–H and O–H groups in total. The first-order chi connectivity index (χ1) is 19.9. The summed E-state index contributed by atoms with van der Waals surface area (Å²) in [7, 11) is -2.28. The van der Waals surface area contributed by atoms with E-state index in [0.717, 1.165) is 44.4 Å². The molecule has 0 saturated heterocycles. The number of benzene rings is 2. The Balaban J connectivity index is 1.53. The van der Waals surface area contributed by atoms with E-state index in [1.54, 1.807) is 12.1 Å². The van der Waals surface area contributed by atoms with E-state index in [1.807, 2.05) is 19.1 Å². The van der Waals surface area contributed by atoms with Crippen LogP contribution in [-0.4, -0.2) is 74.0 Å². The van der Waals surface area contributed by atoms with Gasteiger partial charge in [-0.25, -0.2) is 9.37 Å². The topological polar surface area (TPSA) is 114 Å². The Morgan fingerprint density at radius 3 is 2.64 bits per heavy atom. The lowest BCUT2D eigenvalue weighted by Gasteiger charge is -2.16. The first-order valence-electron chi connectivity index (χ1n) is 14.2. The Labute approximate surface area is 247 Å². The zero-order valence-corrected chi connectivity index (χ0v) is 26.9. The van der Waals surface area contributed by atoms with E-state index < -0.39 is 24.1 Å². The number of nitrogens with zero attached hydrogens (tertiary/aromatic N) is 4. The Bertz CT molecular complexity index is 1690. The van der Waals surface area contributed by atoms with Crippen LogP contribution in [0.25, 0.3) is 33.5 Å². The summed E-state index contributed by atoms with van der Waals surface area (Å²) in [6.07, 6.45) is 1.40. The summed E-state index contributed by atoms with van der Waals surface area (Å²) in [5.41, 5.74) is 4.92. The predicted molar refractivity (Wildman–Crippen MR) is 165 cm³/mol. The summed E-state index contributed by atoms with van der Waals surface area (Å²) >= 11 is 0. The lowest BCUT2D eigenvalue weighted by atomic mass is 9.96. The quantitative estimate of drug-likeness (QED) is 0.142. The average molecular weight is 615 g/mol. The van der Waals surface area contributed by atoms with Crippen molar-refractivity contribution in [2.45, 2.75) is 52.0 Å². The lowest BCUT2D eigenvalue weighted by Crippen LogP contribution is -2.29. The number of hydrogen-bond donors (Lipinski definition) is 2. The number of halogens is 1. The first kappa shape index (κ1) is 30.4. The maximum atomic E-state index is 15.3. The Hall–Kier alpha value is -3.10. The molecule has 0 unspecified atom stereocenters. The predicted octanol–water partition coefficient (Wildman–Crippen LogP) is 4.79. The molecule has 10 nitrogen and oxygen atoms in total. The van der Waals surface area contributed by atoms with Gasteiger partial charge in [0.25, 0.3) is 0 Å². The number of aryl methyl sites for hydroxylation is 1. The van der Waals surface area contributed by atoms with Gasteiger partial charge in [0, 0.05) is 53.7 Å². The van der Waals surface area contributed by atoms with Crippen LogP contribution >= 0.6 is 0 Å². The van der Waals surface area contributed by atoms with E-state index in [-0.39, 0.29) is 12.5 Å². The number of H-pyrrole nitrogens is 1. The fraction of sp³-hybridized carbons (Fsp3) is 0.448. The number of fused-ring (bicyclic) bond motifs is 2. The van der Waals surface area contributed by atoms with Crippen LogP contribution in [0.2, 0.25) is 25.7 Å². The summed E-state index contributed by atoms with van der Waals surface area (Å²) < 4.78 is 55.4. The monoisotopic (exact) mass is 614 g/mol. The Kier molecular flexibility index (Phi) is 8.59. The molecule has 0 atom stereocenters. The van der Waals surface area contributed by atoms with E-state index in [9.17, 15) is 8.42 Å². The van der Waals surface area contributed by atoms with E-state index in [1.165, 1.54) is 20.2 Å². The number of imidazole rings is 1. The summed E-state index contributed by atoms with van der Waals surface area (Å²) in [6, 6.07) is 9.55. The zero-order valence-electron chi connectivity index (χ0n) is 25.0. The number of hydrogen-bond acceptors (Lipinski definition) is 7. The molecule has 0 amide bonds. The van der Waals surface area contributed by atoms with Crippen molar-refractivity contribution < 1.29 is 22.3 Å². The fourth-order valence-electron chi connectivity index (χ4n) is 4.90. The minimum Gasteiger partial charge on any atom is -0.464 e. The minimum atomic E-state index is -3.97. The molecule has 226 valence electrons. The normalized spacial score (nSPS) is 14.1. The standard InChI is InChI=1S/C29H39FN6O4SSi/c1-7-19-15-27(40-18-39-12-13-42(4,5)6)23(30)16-22(19)20-8-9-21-26(14-20)36(41(37,38)35(2)3)34-28(21)29-32-24-10-11-31-17-25(24)33-29/h8-9,14-16,31H,7,10-13,17-18H2,1-6H3,(H,32,33). The van der Waals surface area contributed by atoms with Crippen molar-refractivity contribution in [2.24, 2.45) is 0 Å². The van der Waals surface area contributed by atoms with Crippen molar-refractivity contribution >= 4 is 29.2 Å². The molecule has 2 aromatic carbocycles. The molecule has 0 spiro atoms. The highest BCUT2D eigenvalue weighted by molar-refractivity contribution is 7.87. The summed E-state index contributed by atoms with van der Waals surface area (Å²) in [4.78, 5) is 8.05. The van der Waals surface area contributed by atoms with Gasteiger partial charge in [0.2, 0.25) is 0 Å². The molecule has 13 heteroatoms. The Morgan fingerprint density at radius 2 is 1.95 bits per heavy atom. The Morgan fingerprint density at radius 1 is 1.17 bits per heavy atom. The van der Waals surface area contributed by atoms with Crippen LogP contribution in [0.1, 0.15) is 23.9 Å². The highest BCUT2D eigenvalue weighted by atomic mass is 32.2. The van der Waals surface area contributed by atoms with Gasteiger partial charge in [-0.2, -0.15) is 17.8 Å². The second-order valence-electron chi connectivity index (χ2n) is 11.9. The summed E-state index contributed by atoms with van der Waals surface area (Å²) in [5.74, 6) is 0.132. The second kappa shape index (κ2) is 11.9. The molecule has 0 aliphatic carbocycles. The molecule has 5 rings (SSSR count). The van der Waals surface area contributed by atoms with E-state index in [0.29, 0.717) is 53.1 Å². The zero-order chi connectivity index (χ0) is 30.2. The van der Waals surface area contributed by atoms with Crippen molar-refractivity contribution in [1.82, 2.24) is 28.8 Å². The minimum absolute atomic E-state index is 0.0213. The van der Waals surface area contributed by atoms with Crippen LogP contribution in [0.15, 0.2) is 30.3 Å². The van der Waals surface area contributed by atoms with Gasteiger partial charge < -0.3 is 19.8 Å². The number of rotatable bonds is 11. The first-order valence-corrected chi connectivity index (χ1v) is 19.3. The third-order valence-corrected chi connectivity index (χ3v) is 10.7. The molecular weight excluding hydrogens is 576 g/mol. The number of aromatic nitrogens is 4. The van der Waals surface area contributed by atoms with Gasteiger partial charge in [-0.1, -0.05) is 32.6 Å². The van der Waals surface area contributed by atoms with Gasteiger partial charge in [-0.05, 0) is 53.4 Å². The maximum Gasteiger partial charge on any atom is 0.323 e. The van der Waals surface area contributed by atoms with Gasteiger partial charge in [0.15, 0.2) is 24.2 Å². The van der Waals surface area contributed by atoms with Crippen LogP contribution in [0.4, 0.5) is 4.39 Å². The van der Waals surface area contributed by atoms with Crippen LogP contribution in [0.5, 0.6) is 5.75 Å². The molecule has 0 fully saturated rings. The van der Waals surface area contributed by atoms with Crippen molar-refractivity contribution in [3.63, 3.8) is 0 Å². The molecular formula is C29H39FN6O4SSi. The maximum absolute atomic E-state index is 15.3. The molecule has 4 aromatic rings. The number of aromatic amines is 1. The van der Waals surface area contributed by atoms with Crippen LogP contribution in [-0.2, 0) is 34.3 Å². The summed E-state index contributed by atoms with van der Waals surface area (Å²) in [5, 5.41) is 8.47. The number of nitrogens with one attached hydrogen (secondary N) is 2. The van der Waals surface area contributed by atoms with Crippen LogP contribution < -0.4 is 10.1 Å². The fourth-order valence-corrected chi connectivity index (χ4v) is 6.55. The number of ether oxygens (including phenoxy) is 2. The van der Waals surface area contributed by atoms with E-state index in [4.69, 9.17) is 14.5 Å². The van der Waals surface area contributed by atoms with Crippen molar-refractivity contribution in [1.29, 1.82) is 0 Å². The SMILES string of the molecule is CCc1cc(OCOCC[Si](C)(C)C)c(F)cc1-c1ccc2c(-c3nc4c([nH]3)CNCC4)nn(S(=O)(=O)N(C)C)c2c1.